The van der Waals surface area contributed by atoms with Gasteiger partial charge in [0.1, 0.15) is 0 Å². The Kier molecular flexibility index (Phi) is 4.41. The van der Waals surface area contributed by atoms with E-state index >= 15 is 0 Å². The van der Waals surface area contributed by atoms with Crippen LogP contribution in [0.4, 0.5) is 13.2 Å². The van der Waals surface area contributed by atoms with Crippen molar-refractivity contribution in [3.05, 3.63) is 29.7 Å². The van der Waals surface area contributed by atoms with Crippen molar-refractivity contribution >= 4 is 11.6 Å². The first kappa shape index (κ1) is 15.2. The number of pyridine rings is 1. The molecule has 0 saturated heterocycles. The van der Waals surface area contributed by atoms with Gasteiger partial charge in [-0.05, 0) is 19.2 Å². The van der Waals surface area contributed by atoms with E-state index in [1.54, 1.807) is 7.05 Å². The number of rotatable bonds is 5. The first-order chi connectivity index (χ1) is 9.91. The Morgan fingerprint density at radius 2 is 2.10 bits per heavy atom. The fourth-order valence-electron chi connectivity index (χ4n) is 1.73. The van der Waals surface area contributed by atoms with Gasteiger partial charge in [0.25, 0.3) is 0 Å². The van der Waals surface area contributed by atoms with Crippen LogP contribution >= 0.6 is 0 Å². The first-order valence-electron chi connectivity index (χ1n) is 6.24. The van der Waals surface area contributed by atoms with E-state index in [1.807, 2.05) is 0 Å². The summed E-state index contributed by atoms with van der Waals surface area (Å²) >= 11 is 0. The van der Waals surface area contributed by atoms with E-state index in [4.69, 9.17) is 0 Å². The molecule has 0 aliphatic carbocycles. The summed E-state index contributed by atoms with van der Waals surface area (Å²) in [5.41, 5.74) is -0.500. The SMILES string of the molecule is CNCCC(=O)NCc1nnc2ccc(C(F)(F)F)cn12. The molecule has 0 atom stereocenters. The summed E-state index contributed by atoms with van der Waals surface area (Å²) in [6.45, 7) is 0.537. The largest absolute Gasteiger partial charge is 0.417 e. The van der Waals surface area contributed by atoms with Crippen LogP contribution in [0.5, 0.6) is 0 Å². The van der Waals surface area contributed by atoms with Crippen molar-refractivity contribution in [2.45, 2.75) is 19.1 Å². The van der Waals surface area contributed by atoms with E-state index in [2.05, 4.69) is 20.8 Å². The molecule has 114 valence electrons. The summed E-state index contributed by atoms with van der Waals surface area (Å²) in [4.78, 5) is 11.5. The van der Waals surface area contributed by atoms with Crippen LogP contribution in [0.2, 0.25) is 0 Å². The predicted octanol–water partition coefficient (Wildman–Crippen LogP) is 0.974. The number of hydrogen-bond acceptors (Lipinski definition) is 4. The molecule has 21 heavy (non-hydrogen) atoms. The summed E-state index contributed by atoms with van der Waals surface area (Å²) < 4.78 is 39.3. The number of halogens is 3. The lowest BCUT2D eigenvalue weighted by Crippen LogP contribution is -2.27. The van der Waals surface area contributed by atoms with Crippen molar-refractivity contribution < 1.29 is 18.0 Å². The first-order valence-corrected chi connectivity index (χ1v) is 6.24. The van der Waals surface area contributed by atoms with Crippen molar-refractivity contribution in [1.82, 2.24) is 25.2 Å². The number of hydrogen-bond donors (Lipinski definition) is 2. The zero-order valence-electron chi connectivity index (χ0n) is 11.2. The van der Waals surface area contributed by atoms with Crippen molar-refractivity contribution in [2.75, 3.05) is 13.6 Å². The molecule has 2 heterocycles. The molecule has 2 rings (SSSR count). The van der Waals surface area contributed by atoms with Crippen LogP contribution in [-0.2, 0) is 17.5 Å². The van der Waals surface area contributed by atoms with Gasteiger partial charge in [0.15, 0.2) is 11.5 Å². The van der Waals surface area contributed by atoms with Crippen molar-refractivity contribution in [1.29, 1.82) is 0 Å². The van der Waals surface area contributed by atoms with Crippen LogP contribution in [-0.4, -0.2) is 34.1 Å². The zero-order valence-corrected chi connectivity index (χ0v) is 11.2. The van der Waals surface area contributed by atoms with Gasteiger partial charge >= 0.3 is 6.18 Å². The van der Waals surface area contributed by atoms with Crippen molar-refractivity contribution in [3.8, 4) is 0 Å². The quantitative estimate of drug-likeness (QED) is 0.863. The van der Waals surface area contributed by atoms with Gasteiger partial charge < -0.3 is 10.6 Å². The van der Waals surface area contributed by atoms with Gasteiger partial charge in [-0.25, -0.2) is 0 Å². The Balaban J connectivity index is 2.15. The highest BCUT2D eigenvalue weighted by molar-refractivity contribution is 5.75. The number of aromatic nitrogens is 3. The maximum absolute atomic E-state index is 12.7. The standard InChI is InChI=1S/C12H14F3N5O/c1-16-5-4-11(21)17-6-10-19-18-9-3-2-8(7-20(9)10)12(13,14)15/h2-3,7,16H,4-6H2,1H3,(H,17,21). The molecular weight excluding hydrogens is 287 g/mol. The van der Waals surface area contributed by atoms with E-state index in [0.717, 1.165) is 12.3 Å². The molecule has 2 aromatic heterocycles. The van der Waals surface area contributed by atoms with Gasteiger partial charge in [0.05, 0.1) is 12.1 Å². The lowest BCUT2D eigenvalue weighted by atomic mass is 10.3. The van der Waals surface area contributed by atoms with E-state index in [9.17, 15) is 18.0 Å². The van der Waals surface area contributed by atoms with Gasteiger partial charge in [-0.15, -0.1) is 10.2 Å². The minimum Gasteiger partial charge on any atom is -0.349 e. The van der Waals surface area contributed by atoms with E-state index in [0.29, 0.717) is 12.2 Å². The van der Waals surface area contributed by atoms with Gasteiger partial charge in [-0.2, -0.15) is 13.2 Å². The average Bonchev–Trinajstić information content (AvgIpc) is 2.84. The highest BCUT2D eigenvalue weighted by Crippen LogP contribution is 2.29. The topological polar surface area (TPSA) is 71.3 Å². The van der Waals surface area contributed by atoms with E-state index < -0.39 is 11.7 Å². The molecule has 1 amide bonds. The molecule has 0 saturated carbocycles. The highest BCUT2D eigenvalue weighted by atomic mass is 19.4. The number of nitrogens with one attached hydrogen (secondary N) is 2. The molecule has 0 radical (unpaired) electrons. The van der Waals surface area contributed by atoms with E-state index in [1.165, 1.54) is 10.5 Å². The Hall–Kier alpha value is -2.16. The predicted molar refractivity (Wildman–Crippen MR) is 68.4 cm³/mol. The van der Waals surface area contributed by atoms with Crippen LogP contribution in [0.3, 0.4) is 0 Å². The van der Waals surface area contributed by atoms with Gasteiger partial charge in [0.2, 0.25) is 5.91 Å². The smallest absolute Gasteiger partial charge is 0.349 e. The fraction of sp³-hybridized carbons (Fsp3) is 0.417. The Labute approximate surface area is 118 Å². The number of nitrogens with zero attached hydrogens (tertiary/aromatic N) is 3. The molecule has 0 aliphatic rings. The minimum atomic E-state index is -4.44. The average molecular weight is 301 g/mol. The molecule has 9 heteroatoms. The maximum atomic E-state index is 12.7. The summed E-state index contributed by atoms with van der Waals surface area (Å²) in [6.07, 6.45) is -3.24. The van der Waals surface area contributed by atoms with Crippen LogP contribution in [0, 0.1) is 0 Å². The minimum absolute atomic E-state index is 0.0189. The third-order valence-corrected chi connectivity index (χ3v) is 2.85. The molecule has 0 unspecified atom stereocenters. The number of fused-ring (bicyclic) bond motifs is 1. The van der Waals surface area contributed by atoms with Crippen LogP contribution in [0.15, 0.2) is 18.3 Å². The van der Waals surface area contributed by atoms with Crippen LogP contribution < -0.4 is 10.6 Å². The number of carbonyl (C=O) groups is 1. The molecule has 0 aliphatic heterocycles. The summed E-state index contributed by atoms with van der Waals surface area (Å²) in [5, 5.41) is 13.0. The summed E-state index contributed by atoms with van der Waals surface area (Å²) in [5.74, 6) is 0.0296. The number of amides is 1. The normalized spacial score (nSPS) is 11.8. The molecule has 0 spiro atoms. The van der Waals surface area contributed by atoms with Gasteiger partial charge in [0, 0.05) is 19.2 Å². The van der Waals surface area contributed by atoms with Crippen LogP contribution in [0.1, 0.15) is 17.8 Å². The number of alkyl halides is 3. The molecule has 2 aromatic rings. The Bertz CT molecular complexity index is 637. The Morgan fingerprint density at radius 1 is 1.33 bits per heavy atom. The lowest BCUT2D eigenvalue weighted by Gasteiger charge is -2.08. The highest BCUT2D eigenvalue weighted by Gasteiger charge is 2.31. The summed E-state index contributed by atoms with van der Waals surface area (Å²) in [6, 6.07) is 2.18. The third kappa shape index (κ3) is 3.69. The zero-order chi connectivity index (χ0) is 15.5. The Morgan fingerprint density at radius 3 is 2.76 bits per heavy atom. The molecule has 0 fully saturated rings. The van der Waals surface area contributed by atoms with E-state index in [-0.39, 0.29) is 24.7 Å². The third-order valence-electron chi connectivity index (χ3n) is 2.85. The second-order valence-corrected chi connectivity index (χ2v) is 4.39. The van der Waals surface area contributed by atoms with Crippen molar-refractivity contribution in [2.24, 2.45) is 0 Å². The fourth-order valence-corrected chi connectivity index (χ4v) is 1.73. The molecular formula is C12H14F3N5O. The monoisotopic (exact) mass is 301 g/mol. The lowest BCUT2D eigenvalue weighted by molar-refractivity contribution is -0.137. The second-order valence-electron chi connectivity index (χ2n) is 4.39. The molecule has 0 aromatic carbocycles. The maximum Gasteiger partial charge on any atom is 0.417 e. The molecule has 0 bridgehead atoms. The molecule has 2 N–H and O–H groups in total. The van der Waals surface area contributed by atoms with Gasteiger partial charge in [-0.3, -0.25) is 9.20 Å². The second kappa shape index (κ2) is 6.08. The van der Waals surface area contributed by atoms with Crippen molar-refractivity contribution in [3.63, 3.8) is 0 Å². The summed E-state index contributed by atoms with van der Waals surface area (Å²) in [7, 11) is 1.72. The van der Waals surface area contributed by atoms with Crippen LogP contribution in [0.25, 0.3) is 5.65 Å². The number of carbonyl (C=O) groups excluding carboxylic acids is 1. The van der Waals surface area contributed by atoms with Gasteiger partial charge in [-0.1, -0.05) is 0 Å². The molecule has 6 nitrogen and oxygen atoms in total.